The Morgan fingerprint density at radius 3 is 2.72 bits per heavy atom. The Labute approximate surface area is 109 Å². The van der Waals surface area contributed by atoms with Crippen LogP contribution < -0.4 is 5.73 Å². The van der Waals surface area contributed by atoms with Crippen molar-refractivity contribution in [1.29, 1.82) is 0 Å². The number of unbranched alkanes of at least 4 members (excludes halogenated alkanes) is 1. The van der Waals surface area contributed by atoms with Gasteiger partial charge in [0, 0.05) is 23.8 Å². The number of carbonyl (C=O) groups excluding carboxylic acids is 1. The Hall–Kier alpha value is -1.51. The minimum Gasteiger partial charge on any atom is -0.399 e. The third kappa shape index (κ3) is 2.84. The lowest BCUT2D eigenvalue weighted by molar-refractivity contribution is 0.0740. The molecule has 1 saturated carbocycles. The highest BCUT2D eigenvalue weighted by atomic mass is 16.2. The zero-order chi connectivity index (χ0) is 13.1. The van der Waals surface area contributed by atoms with Crippen LogP contribution in [-0.2, 0) is 0 Å². The van der Waals surface area contributed by atoms with Gasteiger partial charge < -0.3 is 10.6 Å². The first-order valence-corrected chi connectivity index (χ1v) is 6.80. The molecule has 0 unspecified atom stereocenters. The molecule has 18 heavy (non-hydrogen) atoms. The van der Waals surface area contributed by atoms with Crippen molar-refractivity contribution in [1.82, 2.24) is 4.90 Å². The van der Waals surface area contributed by atoms with E-state index in [0.717, 1.165) is 49.0 Å². The zero-order valence-corrected chi connectivity index (χ0v) is 11.3. The summed E-state index contributed by atoms with van der Waals surface area (Å²) in [7, 11) is 0. The molecule has 98 valence electrons. The van der Waals surface area contributed by atoms with Crippen LogP contribution in [0.25, 0.3) is 0 Å². The number of nitrogens with two attached hydrogens (primary N) is 1. The van der Waals surface area contributed by atoms with E-state index in [4.69, 9.17) is 5.73 Å². The molecule has 0 aliphatic heterocycles. The summed E-state index contributed by atoms with van der Waals surface area (Å²) in [5.74, 6) is 0.161. The van der Waals surface area contributed by atoms with Gasteiger partial charge in [0.1, 0.15) is 0 Å². The predicted octanol–water partition coefficient (Wildman–Crippen LogP) is 2.98. The van der Waals surface area contributed by atoms with Gasteiger partial charge in [-0.1, -0.05) is 13.3 Å². The van der Waals surface area contributed by atoms with Crippen LogP contribution in [0.4, 0.5) is 5.69 Å². The molecule has 0 spiro atoms. The first kappa shape index (κ1) is 12.9. The molecule has 0 radical (unpaired) electrons. The van der Waals surface area contributed by atoms with E-state index in [-0.39, 0.29) is 5.91 Å². The van der Waals surface area contributed by atoms with Gasteiger partial charge in [-0.3, -0.25) is 4.79 Å². The molecule has 0 atom stereocenters. The van der Waals surface area contributed by atoms with E-state index in [1.807, 2.05) is 30.0 Å². The van der Waals surface area contributed by atoms with Gasteiger partial charge in [0.15, 0.2) is 0 Å². The standard InChI is InChI=1S/C15H22N2O/c1-3-4-9-17(13-6-7-13)15(18)12-5-8-14(16)11(2)10-12/h5,8,10,13H,3-4,6-7,9,16H2,1-2H3. The fourth-order valence-corrected chi connectivity index (χ4v) is 2.14. The second kappa shape index (κ2) is 5.42. The van der Waals surface area contributed by atoms with E-state index < -0.39 is 0 Å². The molecule has 1 aliphatic carbocycles. The summed E-state index contributed by atoms with van der Waals surface area (Å²) >= 11 is 0. The van der Waals surface area contributed by atoms with Crippen LogP contribution in [0.1, 0.15) is 48.5 Å². The number of hydrogen-bond donors (Lipinski definition) is 1. The molecule has 3 nitrogen and oxygen atoms in total. The molecule has 3 heteroatoms. The molecule has 1 fully saturated rings. The summed E-state index contributed by atoms with van der Waals surface area (Å²) in [4.78, 5) is 14.5. The average Bonchev–Trinajstić information content (AvgIpc) is 3.17. The number of nitrogen functional groups attached to an aromatic ring is 1. The predicted molar refractivity (Wildman–Crippen MR) is 74.6 cm³/mol. The number of rotatable bonds is 5. The van der Waals surface area contributed by atoms with Gasteiger partial charge in [-0.15, -0.1) is 0 Å². The fourth-order valence-electron chi connectivity index (χ4n) is 2.14. The molecule has 0 heterocycles. The number of amides is 1. The van der Waals surface area contributed by atoms with Crippen LogP contribution in [0.15, 0.2) is 18.2 Å². The molecule has 2 rings (SSSR count). The van der Waals surface area contributed by atoms with Gasteiger partial charge in [-0.2, -0.15) is 0 Å². The van der Waals surface area contributed by atoms with Gasteiger partial charge in [-0.25, -0.2) is 0 Å². The molecule has 0 bridgehead atoms. The van der Waals surface area contributed by atoms with Crippen molar-refractivity contribution in [3.63, 3.8) is 0 Å². The Morgan fingerprint density at radius 2 is 2.17 bits per heavy atom. The Bertz CT molecular complexity index is 438. The highest BCUT2D eigenvalue weighted by Crippen LogP contribution is 2.29. The largest absolute Gasteiger partial charge is 0.399 e. The average molecular weight is 246 g/mol. The maximum atomic E-state index is 12.5. The van der Waals surface area contributed by atoms with Crippen LogP contribution in [0, 0.1) is 6.92 Å². The number of benzene rings is 1. The summed E-state index contributed by atoms with van der Waals surface area (Å²) in [6, 6.07) is 6.04. The minimum absolute atomic E-state index is 0.161. The number of hydrogen-bond acceptors (Lipinski definition) is 2. The third-order valence-corrected chi connectivity index (χ3v) is 3.52. The Balaban J connectivity index is 2.13. The van der Waals surface area contributed by atoms with Gasteiger partial charge in [-0.05, 0) is 49.9 Å². The molecule has 0 aromatic heterocycles. The third-order valence-electron chi connectivity index (χ3n) is 3.52. The molecule has 1 aromatic rings. The van der Waals surface area contributed by atoms with E-state index in [0.29, 0.717) is 6.04 Å². The van der Waals surface area contributed by atoms with Gasteiger partial charge in [0.05, 0.1) is 0 Å². The summed E-state index contributed by atoms with van der Waals surface area (Å²) in [5.41, 5.74) is 8.29. The Morgan fingerprint density at radius 1 is 1.44 bits per heavy atom. The summed E-state index contributed by atoms with van der Waals surface area (Å²) in [6.07, 6.45) is 4.51. The lowest BCUT2D eigenvalue weighted by Gasteiger charge is -2.22. The van der Waals surface area contributed by atoms with Crippen LogP contribution in [0.2, 0.25) is 0 Å². The topological polar surface area (TPSA) is 46.3 Å². The summed E-state index contributed by atoms with van der Waals surface area (Å²) < 4.78 is 0. The lowest BCUT2D eigenvalue weighted by Crippen LogP contribution is -2.34. The summed E-state index contributed by atoms with van der Waals surface area (Å²) in [6.45, 7) is 4.98. The second-order valence-corrected chi connectivity index (χ2v) is 5.15. The van der Waals surface area contributed by atoms with Gasteiger partial charge >= 0.3 is 0 Å². The van der Waals surface area contributed by atoms with Crippen LogP contribution in [0.3, 0.4) is 0 Å². The monoisotopic (exact) mass is 246 g/mol. The van der Waals surface area contributed by atoms with Crippen LogP contribution in [0.5, 0.6) is 0 Å². The summed E-state index contributed by atoms with van der Waals surface area (Å²) in [5, 5.41) is 0. The van der Waals surface area contributed by atoms with Crippen molar-refractivity contribution in [2.75, 3.05) is 12.3 Å². The van der Waals surface area contributed by atoms with Crippen molar-refractivity contribution in [3.8, 4) is 0 Å². The smallest absolute Gasteiger partial charge is 0.254 e. The molecule has 0 saturated heterocycles. The lowest BCUT2D eigenvalue weighted by atomic mass is 10.1. The quantitative estimate of drug-likeness (QED) is 0.812. The van der Waals surface area contributed by atoms with E-state index in [2.05, 4.69) is 6.92 Å². The van der Waals surface area contributed by atoms with E-state index in [1.165, 1.54) is 0 Å². The SMILES string of the molecule is CCCCN(C(=O)c1ccc(N)c(C)c1)C1CC1. The molecule has 1 amide bonds. The number of aryl methyl sites for hydroxylation is 1. The van der Waals surface area contributed by atoms with E-state index >= 15 is 0 Å². The molecule has 2 N–H and O–H groups in total. The van der Waals surface area contributed by atoms with Crippen molar-refractivity contribution >= 4 is 11.6 Å². The highest BCUT2D eigenvalue weighted by molar-refractivity contribution is 5.95. The molecular weight excluding hydrogens is 224 g/mol. The number of carbonyl (C=O) groups is 1. The van der Waals surface area contributed by atoms with Crippen molar-refractivity contribution in [2.24, 2.45) is 0 Å². The number of anilines is 1. The highest BCUT2D eigenvalue weighted by Gasteiger charge is 2.32. The molecule has 1 aromatic carbocycles. The van der Waals surface area contributed by atoms with Crippen molar-refractivity contribution < 1.29 is 4.79 Å². The van der Waals surface area contributed by atoms with Gasteiger partial charge in [0.25, 0.3) is 5.91 Å². The first-order valence-electron chi connectivity index (χ1n) is 6.80. The number of nitrogens with zero attached hydrogens (tertiary/aromatic N) is 1. The maximum Gasteiger partial charge on any atom is 0.254 e. The zero-order valence-electron chi connectivity index (χ0n) is 11.3. The minimum atomic E-state index is 0.161. The molecule has 1 aliphatic rings. The Kier molecular flexibility index (Phi) is 3.90. The first-order chi connectivity index (χ1) is 8.63. The van der Waals surface area contributed by atoms with Crippen molar-refractivity contribution in [2.45, 2.75) is 45.6 Å². The second-order valence-electron chi connectivity index (χ2n) is 5.15. The maximum absolute atomic E-state index is 12.5. The van der Waals surface area contributed by atoms with Crippen molar-refractivity contribution in [3.05, 3.63) is 29.3 Å². The van der Waals surface area contributed by atoms with E-state index in [9.17, 15) is 4.79 Å². The molecular formula is C15H22N2O. The van der Waals surface area contributed by atoms with E-state index in [1.54, 1.807) is 0 Å². The normalized spacial score (nSPS) is 14.6. The van der Waals surface area contributed by atoms with Crippen LogP contribution >= 0.6 is 0 Å². The van der Waals surface area contributed by atoms with Crippen LogP contribution in [-0.4, -0.2) is 23.4 Å². The fraction of sp³-hybridized carbons (Fsp3) is 0.533. The van der Waals surface area contributed by atoms with Gasteiger partial charge in [0.2, 0.25) is 0 Å².